The first-order valence-corrected chi connectivity index (χ1v) is 5.53. The lowest BCUT2D eigenvalue weighted by atomic mass is 9.96. The molecule has 18 heavy (non-hydrogen) atoms. The summed E-state index contributed by atoms with van der Waals surface area (Å²) in [4.78, 5) is 11.7. The molecular weight excluding hydrogens is 238 g/mol. The van der Waals surface area contributed by atoms with E-state index >= 15 is 0 Å². The minimum atomic E-state index is -0.895. The van der Waals surface area contributed by atoms with Crippen LogP contribution in [0.2, 0.25) is 0 Å². The fourth-order valence-electron chi connectivity index (χ4n) is 1.46. The summed E-state index contributed by atoms with van der Waals surface area (Å²) in [5.74, 6) is -3.05. The Kier molecular flexibility index (Phi) is 4.38. The fourth-order valence-corrected chi connectivity index (χ4v) is 1.46. The standard InChI is InChI=1S/C13H14F2N2O/c1-7(2)9(6-16)13(18)17-12-5-10(14)8(3)4-11(12)15/h4-5,7,9H,1-3H3,(H,17,18). The van der Waals surface area contributed by atoms with Crippen molar-refractivity contribution in [2.75, 3.05) is 5.32 Å². The molecule has 1 aromatic rings. The Balaban J connectivity index is 2.95. The van der Waals surface area contributed by atoms with Crippen LogP contribution in [0.5, 0.6) is 0 Å². The minimum absolute atomic E-state index is 0.159. The van der Waals surface area contributed by atoms with Crippen molar-refractivity contribution in [3.05, 3.63) is 29.3 Å². The van der Waals surface area contributed by atoms with Crippen LogP contribution >= 0.6 is 0 Å². The number of nitrogens with zero attached hydrogens (tertiary/aromatic N) is 1. The van der Waals surface area contributed by atoms with Crippen LogP contribution in [0.3, 0.4) is 0 Å². The summed E-state index contributed by atoms with van der Waals surface area (Å²) >= 11 is 0. The summed E-state index contributed by atoms with van der Waals surface area (Å²) < 4.78 is 26.8. The molecule has 0 aliphatic rings. The van der Waals surface area contributed by atoms with Gasteiger partial charge in [0.15, 0.2) is 0 Å². The number of amides is 1. The van der Waals surface area contributed by atoms with E-state index in [-0.39, 0.29) is 17.2 Å². The largest absolute Gasteiger partial charge is 0.322 e. The summed E-state index contributed by atoms with van der Waals surface area (Å²) in [6.45, 7) is 4.84. The molecule has 0 bridgehead atoms. The van der Waals surface area contributed by atoms with Gasteiger partial charge >= 0.3 is 0 Å². The van der Waals surface area contributed by atoms with Crippen molar-refractivity contribution in [1.82, 2.24) is 0 Å². The summed E-state index contributed by atoms with van der Waals surface area (Å²) in [6, 6.07) is 3.75. The number of anilines is 1. The molecule has 0 aliphatic carbocycles. The van der Waals surface area contributed by atoms with E-state index in [1.54, 1.807) is 13.8 Å². The van der Waals surface area contributed by atoms with Crippen LogP contribution in [-0.2, 0) is 4.79 Å². The highest BCUT2D eigenvalue weighted by atomic mass is 19.1. The van der Waals surface area contributed by atoms with E-state index in [9.17, 15) is 13.6 Å². The van der Waals surface area contributed by atoms with Crippen LogP contribution in [0.1, 0.15) is 19.4 Å². The number of rotatable bonds is 3. The van der Waals surface area contributed by atoms with E-state index in [2.05, 4.69) is 5.32 Å². The molecule has 1 unspecified atom stereocenters. The highest BCUT2D eigenvalue weighted by Crippen LogP contribution is 2.20. The Morgan fingerprint density at radius 2 is 1.94 bits per heavy atom. The molecule has 96 valence electrons. The van der Waals surface area contributed by atoms with Crippen LogP contribution in [0.15, 0.2) is 12.1 Å². The average Bonchev–Trinajstić information content (AvgIpc) is 2.26. The third-order valence-corrected chi connectivity index (χ3v) is 2.59. The van der Waals surface area contributed by atoms with Crippen LogP contribution < -0.4 is 5.32 Å². The molecule has 1 amide bonds. The van der Waals surface area contributed by atoms with Crippen molar-refractivity contribution in [3.8, 4) is 6.07 Å². The van der Waals surface area contributed by atoms with E-state index in [0.717, 1.165) is 12.1 Å². The van der Waals surface area contributed by atoms with Crippen molar-refractivity contribution in [3.63, 3.8) is 0 Å². The zero-order chi connectivity index (χ0) is 13.9. The quantitative estimate of drug-likeness (QED) is 0.899. The Labute approximate surface area is 104 Å². The molecule has 0 saturated heterocycles. The summed E-state index contributed by atoms with van der Waals surface area (Å²) in [5.41, 5.74) is -0.0878. The molecule has 0 heterocycles. The van der Waals surface area contributed by atoms with E-state index < -0.39 is 23.5 Å². The molecule has 0 fully saturated rings. The molecular formula is C13H14F2N2O. The van der Waals surface area contributed by atoms with Gasteiger partial charge in [0.25, 0.3) is 0 Å². The van der Waals surface area contributed by atoms with Gasteiger partial charge in [-0.05, 0) is 24.5 Å². The molecule has 0 spiro atoms. The molecule has 5 heteroatoms. The Bertz CT molecular complexity index is 506. The number of benzene rings is 1. The first-order valence-electron chi connectivity index (χ1n) is 5.53. The van der Waals surface area contributed by atoms with Crippen molar-refractivity contribution in [2.24, 2.45) is 11.8 Å². The summed E-state index contributed by atoms with van der Waals surface area (Å²) in [7, 11) is 0. The lowest BCUT2D eigenvalue weighted by Crippen LogP contribution is -2.26. The third-order valence-electron chi connectivity index (χ3n) is 2.59. The first kappa shape index (κ1) is 14.1. The number of nitrogens with one attached hydrogen (secondary N) is 1. The van der Waals surface area contributed by atoms with Gasteiger partial charge < -0.3 is 5.32 Å². The Morgan fingerprint density at radius 3 is 2.44 bits per heavy atom. The molecule has 1 N–H and O–H groups in total. The second-order valence-corrected chi connectivity index (χ2v) is 4.42. The van der Waals surface area contributed by atoms with Gasteiger partial charge in [0.05, 0.1) is 11.8 Å². The summed E-state index contributed by atoms with van der Waals surface area (Å²) in [6.07, 6.45) is 0. The van der Waals surface area contributed by atoms with E-state index in [1.807, 2.05) is 6.07 Å². The first-order chi connectivity index (χ1) is 8.36. The van der Waals surface area contributed by atoms with Crippen molar-refractivity contribution in [1.29, 1.82) is 5.26 Å². The molecule has 1 rings (SSSR count). The van der Waals surface area contributed by atoms with E-state index in [0.29, 0.717) is 0 Å². The van der Waals surface area contributed by atoms with Gasteiger partial charge in [0.2, 0.25) is 5.91 Å². The number of carbonyl (C=O) groups excluding carboxylic acids is 1. The van der Waals surface area contributed by atoms with Crippen LogP contribution in [0.25, 0.3) is 0 Å². The number of halogens is 2. The highest BCUT2D eigenvalue weighted by Gasteiger charge is 2.22. The van der Waals surface area contributed by atoms with Crippen molar-refractivity contribution >= 4 is 11.6 Å². The van der Waals surface area contributed by atoms with Crippen molar-refractivity contribution in [2.45, 2.75) is 20.8 Å². The number of hydrogen-bond acceptors (Lipinski definition) is 2. The van der Waals surface area contributed by atoms with Crippen molar-refractivity contribution < 1.29 is 13.6 Å². The third kappa shape index (κ3) is 3.04. The van der Waals surface area contributed by atoms with Gasteiger partial charge in [0, 0.05) is 6.07 Å². The zero-order valence-corrected chi connectivity index (χ0v) is 10.4. The summed E-state index contributed by atoms with van der Waals surface area (Å²) in [5, 5.41) is 11.1. The van der Waals surface area contributed by atoms with E-state index in [4.69, 9.17) is 5.26 Å². The lowest BCUT2D eigenvalue weighted by molar-refractivity contribution is -0.119. The topological polar surface area (TPSA) is 52.9 Å². The zero-order valence-electron chi connectivity index (χ0n) is 10.4. The Morgan fingerprint density at radius 1 is 1.33 bits per heavy atom. The fraction of sp³-hybridized carbons (Fsp3) is 0.385. The second-order valence-electron chi connectivity index (χ2n) is 4.42. The normalized spacial score (nSPS) is 12.1. The maximum absolute atomic E-state index is 13.5. The SMILES string of the molecule is Cc1cc(F)c(NC(=O)C(C#N)C(C)C)cc1F. The maximum atomic E-state index is 13.5. The van der Waals surface area contributed by atoms with Gasteiger partial charge in [0.1, 0.15) is 17.6 Å². The molecule has 1 aromatic carbocycles. The minimum Gasteiger partial charge on any atom is -0.322 e. The average molecular weight is 252 g/mol. The molecule has 1 atom stereocenters. The number of aryl methyl sites for hydroxylation is 1. The highest BCUT2D eigenvalue weighted by molar-refractivity contribution is 5.94. The smallest absolute Gasteiger partial charge is 0.242 e. The predicted octanol–water partition coefficient (Wildman–Crippen LogP) is 3.01. The van der Waals surface area contributed by atoms with Gasteiger partial charge in [-0.2, -0.15) is 5.26 Å². The number of hydrogen-bond donors (Lipinski definition) is 1. The number of nitriles is 1. The Hall–Kier alpha value is -1.96. The second kappa shape index (κ2) is 5.58. The van der Waals surface area contributed by atoms with Crippen LogP contribution in [-0.4, -0.2) is 5.91 Å². The van der Waals surface area contributed by atoms with E-state index in [1.165, 1.54) is 6.92 Å². The van der Waals surface area contributed by atoms with Crippen LogP contribution in [0.4, 0.5) is 14.5 Å². The molecule has 0 radical (unpaired) electrons. The number of carbonyl (C=O) groups is 1. The molecule has 0 aliphatic heterocycles. The molecule has 0 aromatic heterocycles. The predicted molar refractivity (Wildman–Crippen MR) is 63.7 cm³/mol. The van der Waals surface area contributed by atoms with Gasteiger partial charge in [-0.1, -0.05) is 13.8 Å². The van der Waals surface area contributed by atoms with Gasteiger partial charge in [-0.3, -0.25) is 4.79 Å². The molecule has 3 nitrogen and oxygen atoms in total. The van der Waals surface area contributed by atoms with Crippen LogP contribution in [0, 0.1) is 41.7 Å². The monoisotopic (exact) mass is 252 g/mol. The van der Waals surface area contributed by atoms with Gasteiger partial charge in [-0.25, -0.2) is 8.78 Å². The maximum Gasteiger partial charge on any atom is 0.242 e. The van der Waals surface area contributed by atoms with Gasteiger partial charge in [-0.15, -0.1) is 0 Å². The lowest BCUT2D eigenvalue weighted by Gasteiger charge is -2.14. The molecule has 0 saturated carbocycles.